The molecule has 0 atom stereocenters. The molecule has 0 radical (unpaired) electrons. The summed E-state index contributed by atoms with van der Waals surface area (Å²) in [5.41, 5.74) is 1.93. The van der Waals surface area contributed by atoms with Crippen LogP contribution in [-0.4, -0.2) is 57.9 Å². The normalized spacial score (nSPS) is 11.6. The lowest BCUT2D eigenvalue weighted by atomic mass is 9.97. The number of Topliss-reactive ketones (excluding diaryl/α,β-unsaturated/α-hetero) is 2. The molecule has 0 aromatic heterocycles. The molecule has 0 saturated carbocycles. The Bertz CT molecular complexity index is 1090. The number of hydrogen-bond acceptors (Lipinski definition) is 4. The monoisotopic (exact) mass is 531 g/mol. The molecular formula is C30H47N2O4S+. The Balaban J connectivity index is 0.00000684. The predicted octanol–water partition coefficient (Wildman–Crippen LogP) is 6.72. The van der Waals surface area contributed by atoms with Gasteiger partial charge in [-0.1, -0.05) is 82.9 Å². The highest BCUT2D eigenvalue weighted by Crippen LogP contribution is 2.27. The van der Waals surface area contributed by atoms with Crippen LogP contribution in [0.1, 0.15) is 82.5 Å². The molecule has 2 aromatic carbocycles. The molecule has 0 fully saturated rings. The second-order valence-corrected chi connectivity index (χ2v) is 12.4. The van der Waals surface area contributed by atoms with Crippen LogP contribution in [0.4, 0.5) is 5.69 Å². The van der Waals surface area contributed by atoms with Gasteiger partial charge < -0.3 is 4.48 Å². The lowest BCUT2D eigenvalue weighted by molar-refractivity contribution is -0.870. The largest absolute Gasteiger partial charge is 0.331 e. The number of ketones is 2. The van der Waals surface area contributed by atoms with E-state index >= 15 is 0 Å². The van der Waals surface area contributed by atoms with Crippen molar-refractivity contribution in [2.24, 2.45) is 0 Å². The zero-order valence-corrected chi connectivity index (χ0v) is 23.2. The van der Waals surface area contributed by atoms with E-state index in [1.54, 1.807) is 18.2 Å². The van der Waals surface area contributed by atoms with Crippen LogP contribution in [-0.2, 0) is 14.8 Å². The summed E-state index contributed by atoms with van der Waals surface area (Å²) < 4.78 is 29.0. The van der Waals surface area contributed by atoms with Gasteiger partial charge in [-0.2, -0.15) is 0 Å². The minimum atomic E-state index is -3.64. The molecular weight excluding hydrogens is 484 g/mol. The number of nitrogens with zero attached hydrogens (tertiary/aromatic N) is 1. The molecule has 7 heteroatoms. The van der Waals surface area contributed by atoms with Crippen LogP contribution in [0.15, 0.2) is 48.5 Å². The predicted molar refractivity (Wildman–Crippen MR) is 155 cm³/mol. The fraction of sp³-hybridized carbons (Fsp3) is 0.533. The van der Waals surface area contributed by atoms with E-state index in [0.29, 0.717) is 12.8 Å². The molecule has 0 heterocycles. The van der Waals surface area contributed by atoms with Crippen LogP contribution in [0.25, 0.3) is 11.1 Å². The highest BCUT2D eigenvalue weighted by molar-refractivity contribution is 7.92. The maximum Gasteiger partial charge on any atom is 0.232 e. The molecule has 1 N–H and O–H groups in total. The molecule has 206 valence electrons. The Kier molecular flexibility index (Phi) is 13.8. The Labute approximate surface area is 225 Å². The van der Waals surface area contributed by atoms with Gasteiger partial charge >= 0.3 is 0 Å². The van der Waals surface area contributed by atoms with Crippen molar-refractivity contribution >= 4 is 27.3 Å². The first-order valence-corrected chi connectivity index (χ1v) is 14.8. The standard InChI is InChI=1S/C29H42N2O4S.CH4/c1-5-6-7-8-9-15-22-36(34,35)30-27-20-19-25(24-16-11-10-12-17-24)23-26(27)29(33)28(32)18-13-14-21-31(2,3)4;/h10-12,16-17,19-20,23H,5-9,13-15,18,21-22H2,1-4H3;1H4/p+1. The Morgan fingerprint density at radius 3 is 2.11 bits per heavy atom. The minimum absolute atomic E-state index is 0. The number of hydrogen-bond donors (Lipinski definition) is 1. The third-order valence-corrected chi connectivity index (χ3v) is 7.50. The Morgan fingerprint density at radius 2 is 1.46 bits per heavy atom. The first kappa shape index (κ1) is 32.5. The van der Waals surface area contributed by atoms with Crippen molar-refractivity contribution in [3.05, 3.63) is 54.1 Å². The number of quaternary nitrogens is 1. The highest BCUT2D eigenvalue weighted by Gasteiger charge is 2.23. The summed E-state index contributed by atoms with van der Waals surface area (Å²) in [6.45, 7) is 3.06. The maximum absolute atomic E-state index is 13.2. The van der Waals surface area contributed by atoms with Gasteiger partial charge in [0.1, 0.15) is 0 Å². The lowest BCUT2D eigenvalue weighted by Gasteiger charge is -2.23. The molecule has 0 spiro atoms. The fourth-order valence-corrected chi connectivity index (χ4v) is 5.26. The molecule has 0 aliphatic carbocycles. The van der Waals surface area contributed by atoms with Crippen molar-refractivity contribution in [3.63, 3.8) is 0 Å². The van der Waals surface area contributed by atoms with Gasteiger partial charge in [0, 0.05) is 6.42 Å². The summed E-state index contributed by atoms with van der Waals surface area (Å²) in [6, 6.07) is 14.5. The molecule has 0 aliphatic heterocycles. The van der Waals surface area contributed by atoms with Gasteiger partial charge in [-0.3, -0.25) is 14.3 Å². The van der Waals surface area contributed by atoms with Crippen molar-refractivity contribution < 1.29 is 22.5 Å². The number of rotatable bonds is 17. The third kappa shape index (κ3) is 12.1. The van der Waals surface area contributed by atoms with Gasteiger partial charge in [0.15, 0.2) is 0 Å². The lowest BCUT2D eigenvalue weighted by Crippen LogP contribution is -2.35. The number of anilines is 1. The SMILES string of the molecule is C.CCCCCCCCS(=O)(=O)Nc1ccc(-c2ccccc2)cc1C(=O)C(=O)CCCC[N+](C)(C)C. The molecule has 2 aromatic rings. The number of benzene rings is 2. The van der Waals surface area contributed by atoms with Crippen LogP contribution >= 0.6 is 0 Å². The quantitative estimate of drug-likeness (QED) is 0.106. The number of nitrogens with one attached hydrogen (secondary N) is 1. The molecule has 2 rings (SSSR count). The molecule has 0 bridgehead atoms. The molecule has 6 nitrogen and oxygen atoms in total. The van der Waals surface area contributed by atoms with E-state index in [4.69, 9.17) is 0 Å². The number of sulfonamides is 1. The van der Waals surface area contributed by atoms with E-state index in [-0.39, 0.29) is 30.9 Å². The second-order valence-electron chi connectivity index (χ2n) is 10.5. The zero-order valence-electron chi connectivity index (χ0n) is 22.4. The molecule has 0 aliphatic rings. The molecule has 0 amide bonds. The zero-order chi connectivity index (χ0) is 26.6. The number of unbranched alkanes of at least 4 members (excludes halogenated alkanes) is 6. The van der Waals surface area contributed by atoms with E-state index in [1.807, 2.05) is 30.3 Å². The van der Waals surface area contributed by atoms with Gasteiger partial charge in [0.2, 0.25) is 21.6 Å². The number of carbonyl (C=O) groups is 2. The fourth-order valence-electron chi connectivity index (χ4n) is 4.06. The van der Waals surface area contributed by atoms with E-state index in [2.05, 4.69) is 32.8 Å². The topological polar surface area (TPSA) is 80.3 Å². The summed E-state index contributed by atoms with van der Waals surface area (Å²) in [4.78, 5) is 26.0. The Morgan fingerprint density at radius 1 is 0.811 bits per heavy atom. The van der Waals surface area contributed by atoms with E-state index in [1.165, 1.54) is 0 Å². The van der Waals surface area contributed by atoms with Crippen LogP contribution in [0.2, 0.25) is 0 Å². The van der Waals surface area contributed by atoms with Crippen LogP contribution in [0.5, 0.6) is 0 Å². The number of carbonyl (C=O) groups excluding carboxylic acids is 2. The van der Waals surface area contributed by atoms with Crippen molar-refractivity contribution in [1.29, 1.82) is 0 Å². The van der Waals surface area contributed by atoms with Crippen molar-refractivity contribution in [2.45, 2.75) is 72.1 Å². The summed E-state index contributed by atoms with van der Waals surface area (Å²) >= 11 is 0. The van der Waals surface area contributed by atoms with Crippen molar-refractivity contribution in [3.8, 4) is 11.1 Å². The summed E-state index contributed by atoms with van der Waals surface area (Å²) in [5.74, 6) is -1.14. The first-order valence-electron chi connectivity index (χ1n) is 13.1. The van der Waals surface area contributed by atoms with Gasteiger partial charge in [0.05, 0.1) is 44.7 Å². The van der Waals surface area contributed by atoms with E-state index < -0.39 is 21.6 Å². The van der Waals surface area contributed by atoms with Gasteiger partial charge in [-0.25, -0.2) is 8.42 Å². The van der Waals surface area contributed by atoms with Crippen LogP contribution < -0.4 is 4.72 Å². The summed E-state index contributed by atoms with van der Waals surface area (Å²) in [6.07, 6.45) is 7.46. The highest BCUT2D eigenvalue weighted by atomic mass is 32.2. The average Bonchev–Trinajstić information content (AvgIpc) is 2.83. The van der Waals surface area contributed by atoms with E-state index in [0.717, 1.165) is 60.7 Å². The van der Waals surface area contributed by atoms with Crippen LogP contribution in [0, 0.1) is 0 Å². The smallest absolute Gasteiger partial charge is 0.232 e. The van der Waals surface area contributed by atoms with Crippen LogP contribution in [0.3, 0.4) is 0 Å². The Hall–Kier alpha value is -2.51. The van der Waals surface area contributed by atoms with Crippen molar-refractivity contribution in [1.82, 2.24) is 0 Å². The third-order valence-electron chi connectivity index (χ3n) is 6.14. The summed E-state index contributed by atoms with van der Waals surface area (Å²) in [7, 11) is 2.63. The second kappa shape index (κ2) is 15.7. The van der Waals surface area contributed by atoms with Gasteiger partial charge in [-0.15, -0.1) is 0 Å². The van der Waals surface area contributed by atoms with Gasteiger partial charge in [-0.05, 0) is 42.5 Å². The first-order chi connectivity index (χ1) is 17.0. The molecule has 0 saturated heterocycles. The van der Waals surface area contributed by atoms with E-state index in [9.17, 15) is 18.0 Å². The molecule has 0 unspecified atom stereocenters. The van der Waals surface area contributed by atoms with Gasteiger partial charge in [0.25, 0.3) is 0 Å². The molecule has 37 heavy (non-hydrogen) atoms. The average molecular weight is 532 g/mol. The minimum Gasteiger partial charge on any atom is -0.331 e. The summed E-state index contributed by atoms with van der Waals surface area (Å²) in [5, 5.41) is 0. The van der Waals surface area contributed by atoms with Crippen molar-refractivity contribution in [2.75, 3.05) is 38.2 Å². The maximum atomic E-state index is 13.2.